The number of fused-ring (bicyclic) bond motifs is 1. The fraction of sp³-hybridized carbons (Fsp3) is 0.190. The summed E-state index contributed by atoms with van der Waals surface area (Å²) in [5, 5.41) is 19.4. The van der Waals surface area contributed by atoms with Crippen LogP contribution in [0.1, 0.15) is 24.0 Å². The van der Waals surface area contributed by atoms with Gasteiger partial charge in [-0.3, -0.25) is 0 Å². The van der Waals surface area contributed by atoms with Gasteiger partial charge in [-0.25, -0.2) is 0 Å². The molecule has 1 atom stereocenters. The van der Waals surface area contributed by atoms with E-state index in [1.165, 1.54) is 6.07 Å². The van der Waals surface area contributed by atoms with Crippen molar-refractivity contribution < 1.29 is 19.3 Å². The number of hydrogen-bond donors (Lipinski definition) is 2. The van der Waals surface area contributed by atoms with Gasteiger partial charge in [-0.05, 0) is 30.7 Å². The Balaban J connectivity index is 2.13. The van der Waals surface area contributed by atoms with Crippen molar-refractivity contribution in [1.82, 2.24) is 0 Å². The Morgan fingerprint density at radius 3 is 2.74 bits per heavy atom. The van der Waals surface area contributed by atoms with Crippen LogP contribution in [0.25, 0.3) is 0 Å². The number of ether oxygens (including phenoxy) is 3. The molecule has 3 rings (SSSR count). The fourth-order valence-corrected chi connectivity index (χ4v) is 3.00. The molecule has 2 aromatic rings. The minimum Gasteiger partial charge on any atom is -0.508 e. The molecule has 0 saturated heterocycles. The van der Waals surface area contributed by atoms with Gasteiger partial charge >= 0.3 is 0 Å². The van der Waals surface area contributed by atoms with Crippen molar-refractivity contribution in [3.63, 3.8) is 0 Å². The number of phenolic OH excluding ortho intramolecular Hbond substituents is 1. The SMILES string of the molecule is C#CCOc1ccc(C2C(C#N)=C(N)Oc3cc(O)ccc32)cc1OCC. The van der Waals surface area contributed by atoms with Gasteiger partial charge in [-0.15, -0.1) is 6.42 Å². The van der Waals surface area contributed by atoms with Gasteiger partial charge in [-0.2, -0.15) is 5.26 Å². The molecule has 0 aromatic heterocycles. The van der Waals surface area contributed by atoms with E-state index >= 15 is 0 Å². The molecule has 27 heavy (non-hydrogen) atoms. The van der Waals surface area contributed by atoms with Crippen molar-refractivity contribution in [3.8, 4) is 41.4 Å². The third-order valence-electron chi connectivity index (χ3n) is 4.11. The zero-order chi connectivity index (χ0) is 19.4. The minimum atomic E-state index is -0.458. The summed E-state index contributed by atoms with van der Waals surface area (Å²) in [6, 6.07) is 12.2. The lowest BCUT2D eigenvalue weighted by molar-refractivity contribution is 0.299. The molecule has 1 unspecified atom stereocenters. The van der Waals surface area contributed by atoms with Crippen molar-refractivity contribution in [2.45, 2.75) is 12.8 Å². The Morgan fingerprint density at radius 1 is 1.22 bits per heavy atom. The lowest BCUT2D eigenvalue weighted by atomic mass is 9.83. The summed E-state index contributed by atoms with van der Waals surface area (Å²) in [5.74, 6) is 3.46. The number of nitrogens with two attached hydrogens (primary N) is 1. The van der Waals surface area contributed by atoms with E-state index < -0.39 is 5.92 Å². The number of nitriles is 1. The highest BCUT2D eigenvalue weighted by atomic mass is 16.5. The minimum absolute atomic E-state index is 0.00576. The largest absolute Gasteiger partial charge is 0.508 e. The smallest absolute Gasteiger partial charge is 0.205 e. The van der Waals surface area contributed by atoms with Gasteiger partial charge in [0, 0.05) is 11.6 Å². The molecule has 1 aliphatic rings. The number of allylic oxidation sites excluding steroid dienone is 1. The first-order valence-electron chi connectivity index (χ1n) is 8.32. The van der Waals surface area contributed by atoms with Crippen LogP contribution in [-0.4, -0.2) is 18.3 Å². The molecule has 0 radical (unpaired) electrons. The van der Waals surface area contributed by atoms with Gasteiger partial charge in [0.05, 0.1) is 12.5 Å². The van der Waals surface area contributed by atoms with Crippen LogP contribution < -0.4 is 19.9 Å². The predicted molar refractivity (Wildman–Crippen MR) is 99.3 cm³/mol. The Kier molecular flexibility index (Phi) is 5.10. The lowest BCUT2D eigenvalue weighted by Gasteiger charge is -2.27. The summed E-state index contributed by atoms with van der Waals surface area (Å²) >= 11 is 0. The highest BCUT2D eigenvalue weighted by Gasteiger charge is 2.31. The first-order chi connectivity index (χ1) is 13.1. The van der Waals surface area contributed by atoms with Crippen molar-refractivity contribution in [2.75, 3.05) is 13.2 Å². The molecule has 1 heterocycles. The number of rotatable bonds is 5. The summed E-state index contributed by atoms with van der Waals surface area (Å²) in [4.78, 5) is 0. The van der Waals surface area contributed by atoms with Gasteiger partial charge < -0.3 is 25.1 Å². The maximum atomic E-state index is 9.73. The lowest BCUT2D eigenvalue weighted by Crippen LogP contribution is -2.21. The molecular formula is C21H18N2O4. The molecule has 0 bridgehead atoms. The van der Waals surface area contributed by atoms with Gasteiger partial charge in [0.1, 0.15) is 29.7 Å². The van der Waals surface area contributed by atoms with E-state index in [1.54, 1.807) is 24.3 Å². The molecule has 0 fully saturated rings. The Bertz CT molecular complexity index is 983. The van der Waals surface area contributed by atoms with Crippen LogP contribution in [0.3, 0.4) is 0 Å². The first-order valence-corrected chi connectivity index (χ1v) is 8.32. The Hall–Kier alpha value is -3.77. The van der Waals surface area contributed by atoms with E-state index in [0.29, 0.717) is 23.9 Å². The second-order valence-electron chi connectivity index (χ2n) is 5.78. The van der Waals surface area contributed by atoms with Crippen molar-refractivity contribution in [1.29, 1.82) is 5.26 Å². The van der Waals surface area contributed by atoms with E-state index in [9.17, 15) is 10.4 Å². The van der Waals surface area contributed by atoms with Crippen LogP contribution in [0.15, 0.2) is 47.9 Å². The molecule has 0 amide bonds. The number of nitrogens with zero attached hydrogens (tertiary/aromatic N) is 1. The summed E-state index contributed by atoms with van der Waals surface area (Å²) in [7, 11) is 0. The molecule has 6 nitrogen and oxygen atoms in total. The maximum absolute atomic E-state index is 9.73. The molecule has 1 aliphatic heterocycles. The normalized spacial score (nSPS) is 15.1. The van der Waals surface area contributed by atoms with E-state index in [2.05, 4.69) is 12.0 Å². The number of hydrogen-bond acceptors (Lipinski definition) is 6. The van der Waals surface area contributed by atoms with Crippen LogP contribution in [0.5, 0.6) is 23.0 Å². The third-order valence-corrected chi connectivity index (χ3v) is 4.11. The van der Waals surface area contributed by atoms with Crippen LogP contribution in [-0.2, 0) is 0 Å². The van der Waals surface area contributed by atoms with Gasteiger partial charge in [0.25, 0.3) is 0 Å². The Labute approximate surface area is 157 Å². The molecule has 0 aliphatic carbocycles. The van der Waals surface area contributed by atoms with Crippen LogP contribution in [0, 0.1) is 23.7 Å². The molecule has 6 heteroatoms. The van der Waals surface area contributed by atoms with Crippen molar-refractivity contribution in [2.24, 2.45) is 5.73 Å². The zero-order valence-corrected chi connectivity index (χ0v) is 14.7. The van der Waals surface area contributed by atoms with Gasteiger partial charge in [0.15, 0.2) is 11.5 Å². The second kappa shape index (κ2) is 7.63. The Morgan fingerprint density at radius 2 is 2.04 bits per heavy atom. The van der Waals surface area contributed by atoms with Crippen LogP contribution in [0.4, 0.5) is 0 Å². The summed E-state index contributed by atoms with van der Waals surface area (Å²) in [6.45, 7) is 2.43. The highest BCUT2D eigenvalue weighted by molar-refractivity contribution is 5.58. The van der Waals surface area contributed by atoms with Crippen LogP contribution >= 0.6 is 0 Å². The molecule has 136 valence electrons. The number of aromatic hydroxyl groups is 1. The molecule has 0 saturated carbocycles. The molecule has 0 spiro atoms. The summed E-state index contributed by atoms with van der Waals surface area (Å²) < 4.78 is 16.7. The molecule has 3 N–H and O–H groups in total. The molecule has 2 aromatic carbocycles. The predicted octanol–water partition coefficient (Wildman–Crippen LogP) is 3.02. The quantitative estimate of drug-likeness (QED) is 0.794. The fourth-order valence-electron chi connectivity index (χ4n) is 3.00. The van der Waals surface area contributed by atoms with Gasteiger partial charge in [0.2, 0.25) is 5.88 Å². The number of benzene rings is 2. The monoisotopic (exact) mass is 362 g/mol. The van der Waals surface area contributed by atoms with E-state index in [0.717, 1.165) is 11.1 Å². The van der Waals surface area contributed by atoms with Crippen molar-refractivity contribution in [3.05, 3.63) is 59.0 Å². The number of terminal acetylenes is 1. The average molecular weight is 362 g/mol. The van der Waals surface area contributed by atoms with E-state index in [-0.39, 0.29) is 23.8 Å². The second-order valence-corrected chi connectivity index (χ2v) is 5.78. The highest BCUT2D eigenvalue weighted by Crippen LogP contribution is 2.44. The number of phenols is 1. The standard InChI is InChI=1S/C21H18N2O4/c1-3-9-26-17-8-5-13(10-19(17)25-4-2)20-15-7-6-14(24)11-18(15)27-21(23)16(20)12-22/h1,5-8,10-11,20,24H,4,9,23H2,2H3. The maximum Gasteiger partial charge on any atom is 0.205 e. The third kappa shape index (κ3) is 3.47. The van der Waals surface area contributed by atoms with Gasteiger partial charge in [-0.1, -0.05) is 18.1 Å². The average Bonchev–Trinajstić information content (AvgIpc) is 2.66. The first kappa shape index (κ1) is 18.0. The summed E-state index contributed by atoms with van der Waals surface area (Å²) in [6.07, 6.45) is 5.26. The summed E-state index contributed by atoms with van der Waals surface area (Å²) in [5.41, 5.74) is 7.73. The van der Waals surface area contributed by atoms with Crippen LogP contribution in [0.2, 0.25) is 0 Å². The topological polar surface area (TPSA) is 97.7 Å². The van der Waals surface area contributed by atoms with Crippen molar-refractivity contribution >= 4 is 0 Å². The zero-order valence-electron chi connectivity index (χ0n) is 14.7. The van der Waals surface area contributed by atoms with E-state index in [1.807, 2.05) is 13.0 Å². The molecular weight excluding hydrogens is 344 g/mol. The van der Waals surface area contributed by atoms with E-state index in [4.69, 9.17) is 26.4 Å².